The van der Waals surface area contributed by atoms with Crippen LogP contribution in [-0.2, 0) is 9.53 Å². The van der Waals surface area contributed by atoms with E-state index in [-0.39, 0.29) is 5.92 Å². The monoisotopic (exact) mass is 159 g/mol. The molecule has 1 aliphatic carbocycles. The fourth-order valence-corrected chi connectivity index (χ4v) is 1.41. The summed E-state index contributed by atoms with van der Waals surface area (Å²) < 4.78 is 4.87. The first-order valence-electron chi connectivity index (χ1n) is 3.58. The maximum absolute atomic E-state index is 10.7. The van der Waals surface area contributed by atoms with Crippen LogP contribution in [0.2, 0.25) is 0 Å². The fraction of sp³-hybridized carbons (Fsp3) is 0.857. The molecule has 0 aromatic carbocycles. The SMILES string of the molecule is CN[C@@]1(C(=O)O)C[C@@H]1COC. The van der Waals surface area contributed by atoms with Crippen LogP contribution >= 0.6 is 0 Å². The molecule has 0 aromatic heterocycles. The Morgan fingerprint density at radius 1 is 1.91 bits per heavy atom. The molecule has 1 saturated carbocycles. The summed E-state index contributed by atoms with van der Waals surface area (Å²) in [6, 6.07) is 0. The maximum Gasteiger partial charge on any atom is 0.324 e. The summed E-state index contributed by atoms with van der Waals surface area (Å²) >= 11 is 0. The third-order valence-corrected chi connectivity index (χ3v) is 2.30. The fourth-order valence-electron chi connectivity index (χ4n) is 1.41. The molecular formula is C7H13NO3. The standard InChI is InChI=1S/C7H13NO3/c1-8-7(6(9)10)3-5(7)4-11-2/h5,8H,3-4H2,1-2H3,(H,9,10)/t5-,7+/m1/s1. The summed E-state index contributed by atoms with van der Waals surface area (Å²) in [7, 11) is 3.25. The highest BCUT2D eigenvalue weighted by molar-refractivity contribution is 5.83. The number of hydrogen-bond acceptors (Lipinski definition) is 3. The van der Waals surface area contributed by atoms with Crippen LogP contribution in [0.4, 0.5) is 0 Å². The van der Waals surface area contributed by atoms with Crippen molar-refractivity contribution in [1.82, 2.24) is 5.32 Å². The molecule has 0 radical (unpaired) electrons. The van der Waals surface area contributed by atoms with E-state index < -0.39 is 11.5 Å². The number of ether oxygens (including phenoxy) is 1. The molecule has 11 heavy (non-hydrogen) atoms. The molecule has 0 spiro atoms. The topological polar surface area (TPSA) is 58.6 Å². The van der Waals surface area contributed by atoms with Crippen LogP contribution in [0.25, 0.3) is 0 Å². The second kappa shape index (κ2) is 2.79. The Bertz CT molecular complexity index is 171. The normalized spacial score (nSPS) is 35.3. The Hall–Kier alpha value is -0.610. The Morgan fingerprint density at radius 2 is 2.55 bits per heavy atom. The molecule has 1 rings (SSSR count). The molecule has 0 unspecified atom stereocenters. The minimum absolute atomic E-state index is 0.134. The summed E-state index contributed by atoms with van der Waals surface area (Å²) in [5.74, 6) is -0.642. The van der Waals surface area contributed by atoms with Crippen molar-refractivity contribution in [2.75, 3.05) is 20.8 Å². The van der Waals surface area contributed by atoms with Gasteiger partial charge < -0.3 is 15.2 Å². The molecule has 4 heteroatoms. The lowest BCUT2D eigenvalue weighted by Gasteiger charge is -2.09. The lowest BCUT2D eigenvalue weighted by atomic mass is 10.2. The van der Waals surface area contributed by atoms with E-state index in [0.717, 1.165) is 0 Å². The average molecular weight is 159 g/mol. The summed E-state index contributed by atoms with van der Waals surface area (Å²) in [6.07, 6.45) is 0.673. The van der Waals surface area contributed by atoms with Crippen molar-refractivity contribution in [3.05, 3.63) is 0 Å². The Balaban J connectivity index is 2.49. The van der Waals surface area contributed by atoms with Gasteiger partial charge in [0.15, 0.2) is 0 Å². The predicted octanol–water partition coefficient (Wildman–Crippen LogP) is -0.305. The van der Waals surface area contributed by atoms with Crippen molar-refractivity contribution in [3.63, 3.8) is 0 Å². The van der Waals surface area contributed by atoms with E-state index in [9.17, 15) is 4.79 Å². The quantitative estimate of drug-likeness (QED) is 0.591. The summed E-state index contributed by atoms with van der Waals surface area (Å²) in [4.78, 5) is 10.7. The van der Waals surface area contributed by atoms with Crippen molar-refractivity contribution in [2.45, 2.75) is 12.0 Å². The highest BCUT2D eigenvalue weighted by Gasteiger charge is 2.59. The highest BCUT2D eigenvalue weighted by Crippen LogP contribution is 2.43. The molecule has 0 heterocycles. The van der Waals surface area contributed by atoms with Crippen LogP contribution in [0, 0.1) is 5.92 Å². The third-order valence-electron chi connectivity index (χ3n) is 2.30. The molecule has 0 aromatic rings. The van der Waals surface area contributed by atoms with Crippen LogP contribution in [0.5, 0.6) is 0 Å². The first-order valence-corrected chi connectivity index (χ1v) is 3.58. The zero-order chi connectivity index (χ0) is 8.48. The number of carbonyl (C=O) groups is 1. The van der Waals surface area contributed by atoms with Gasteiger partial charge in [0.25, 0.3) is 0 Å². The average Bonchev–Trinajstić information content (AvgIpc) is 2.65. The number of methoxy groups -OCH3 is 1. The van der Waals surface area contributed by atoms with Crippen LogP contribution in [0.15, 0.2) is 0 Å². The minimum atomic E-state index is -0.776. The summed E-state index contributed by atoms with van der Waals surface area (Å²) in [6.45, 7) is 0.521. The highest BCUT2D eigenvalue weighted by atomic mass is 16.5. The smallest absolute Gasteiger partial charge is 0.324 e. The molecule has 2 atom stereocenters. The Kier molecular flexibility index (Phi) is 2.15. The molecule has 1 aliphatic rings. The maximum atomic E-state index is 10.7. The van der Waals surface area contributed by atoms with Crippen molar-refractivity contribution >= 4 is 5.97 Å². The number of likely N-dealkylation sites (N-methyl/N-ethyl adjacent to an activating group) is 1. The number of nitrogens with one attached hydrogen (secondary N) is 1. The van der Waals surface area contributed by atoms with Gasteiger partial charge in [-0.2, -0.15) is 0 Å². The van der Waals surface area contributed by atoms with Crippen molar-refractivity contribution in [2.24, 2.45) is 5.92 Å². The van der Waals surface area contributed by atoms with E-state index in [2.05, 4.69) is 5.32 Å². The van der Waals surface area contributed by atoms with Crippen LogP contribution < -0.4 is 5.32 Å². The van der Waals surface area contributed by atoms with Crippen LogP contribution in [-0.4, -0.2) is 37.4 Å². The lowest BCUT2D eigenvalue weighted by molar-refractivity contribution is -0.141. The lowest BCUT2D eigenvalue weighted by Crippen LogP contribution is -2.39. The van der Waals surface area contributed by atoms with Crippen molar-refractivity contribution in [1.29, 1.82) is 0 Å². The number of rotatable bonds is 4. The van der Waals surface area contributed by atoms with Gasteiger partial charge in [-0.05, 0) is 13.5 Å². The van der Waals surface area contributed by atoms with E-state index in [1.165, 1.54) is 0 Å². The number of hydrogen-bond donors (Lipinski definition) is 2. The Labute approximate surface area is 65.5 Å². The first-order chi connectivity index (χ1) is 5.17. The number of carboxylic acid groups (broad SMARTS) is 1. The van der Waals surface area contributed by atoms with Gasteiger partial charge in [-0.25, -0.2) is 0 Å². The third kappa shape index (κ3) is 1.23. The molecule has 2 N–H and O–H groups in total. The number of carboxylic acids is 1. The van der Waals surface area contributed by atoms with Gasteiger partial charge in [-0.15, -0.1) is 0 Å². The zero-order valence-corrected chi connectivity index (χ0v) is 6.76. The molecule has 4 nitrogen and oxygen atoms in total. The Morgan fingerprint density at radius 3 is 2.82 bits per heavy atom. The van der Waals surface area contributed by atoms with Gasteiger partial charge in [0.2, 0.25) is 0 Å². The largest absolute Gasteiger partial charge is 0.480 e. The number of aliphatic carboxylic acids is 1. The van der Waals surface area contributed by atoms with Gasteiger partial charge in [0.05, 0.1) is 6.61 Å². The van der Waals surface area contributed by atoms with Gasteiger partial charge in [0.1, 0.15) is 5.54 Å². The molecule has 0 aliphatic heterocycles. The molecule has 0 amide bonds. The zero-order valence-electron chi connectivity index (χ0n) is 6.76. The summed E-state index contributed by atoms with van der Waals surface area (Å²) in [5, 5.41) is 11.6. The molecular weight excluding hydrogens is 146 g/mol. The van der Waals surface area contributed by atoms with E-state index in [0.29, 0.717) is 13.0 Å². The molecule has 0 bridgehead atoms. The van der Waals surface area contributed by atoms with E-state index in [4.69, 9.17) is 9.84 Å². The van der Waals surface area contributed by atoms with E-state index in [1.807, 2.05) is 0 Å². The van der Waals surface area contributed by atoms with Gasteiger partial charge in [0, 0.05) is 13.0 Å². The van der Waals surface area contributed by atoms with Gasteiger partial charge >= 0.3 is 5.97 Å². The van der Waals surface area contributed by atoms with Gasteiger partial charge in [-0.1, -0.05) is 0 Å². The molecule has 0 saturated heterocycles. The van der Waals surface area contributed by atoms with Crippen LogP contribution in [0.3, 0.4) is 0 Å². The minimum Gasteiger partial charge on any atom is -0.480 e. The summed E-state index contributed by atoms with van der Waals surface area (Å²) in [5.41, 5.74) is -0.698. The first kappa shape index (κ1) is 8.49. The van der Waals surface area contributed by atoms with E-state index in [1.54, 1.807) is 14.2 Å². The predicted molar refractivity (Wildman–Crippen MR) is 39.4 cm³/mol. The molecule has 1 fully saturated rings. The second-order valence-corrected chi connectivity index (χ2v) is 2.88. The van der Waals surface area contributed by atoms with Crippen LogP contribution in [0.1, 0.15) is 6.42 Å². The van der Waals surface area contributed by atoms with E-state index >= 15 is 0 Å². The van der Waals surface area contributed by atoms with Crippen molar-refractivity contribution in [3.8, 4) is 0 Å². The van der Waals surface area contributed by atoms with Crippen molar-refractivity contribution < 1.29 is 14.6 Å². The molecule has 64 valence electrons. The second-order valence-electron chi connectivity index (χ2n) is 2.88. The van der Waals surface area contributed by atoms with Gasteiger partial charge in [-0.3, -0.25) is 4.79 Å².